The van der Waals surface area contributed by atoms with Crippen LogP contribution in [0.2, 0.25) is 0 Å². The average molecular weight is 316 g/mol. The molecule has 4 rings (SSSR count). The Labute approximate surface area is 131 Å². The molecule has 0 saturated carbocycles. The Balaban J connectivity index is 1.53. The van der Waals surface area contributed by atoms with E-state index >= 15 is 0 Å². The molecule has 0 bridgehead atoms. The molecule has 114 valence electrons. The average Bonchev–Trinajstić information content (AvgIpc) is 3.18. The van der Waals surface area contributed by atoms with E-state index < -0.39 is 0 Å². The first kappa shape index (κ1) is 13.5. The highest BCUT2D eigenvalue weighted by molar-refractivity contribution is 7.08. The van der Waals surface area contributed by atoms with Crippen LogP contribution in [0.3, 0.4) is 0 Å². The van der Waals surface area contributed by atoms with Gasteiger partial charge in [0, 0.05) is 62.7 Å². The second kappa shape index (κ2) is 5.22. The lowest BCUT2D eigenvalue weighted by molar-refractivity contribution is 0.244. The number of hydrogen-bond acceptors (Lipinski definition) is 5. The molecule has 0 amide bonds. The van der Waals surface area contributed by atoms with Crippen LogP contribution in [0.25, 0.3) is 5.00 Å². The van der Waals surface area contributed by atoms with Crippen LogP contribution in [0.15, 0.2) is 29.5 Å². The third-order valence-corrected chi connectivity index (χ3v) is 4.65. The van der Waals surface area contributed by atoms with Gasteiger partial charge in [0.2, 0.25) is 0 Å². The number of hydrogen-bond donors (Lipinski definition) is 1. The highest BCUT2D eigenvalue weighted by Crippen LogP contribution is 2.21. The highest BCUT2D eigenvalue weighted by Gasteiger charge is 2.20. The Bertz CT molecular complexity index is 857. The third kappa shape index (κ3) is 2.51. The zero-order valence-corrected chi connectivity index (χ0v) is 13.0. The van der Waals surface area contributed by atoms with Crippen molar-refractivity contribution in [2.24, 2.45) is 7.05 Å². The van der Waals surface area contributed by atoms with Gasteiger partial charge in [0.15, 0.2) is 0 Å². The maximum atomic E-state index is 11.3. The number of aromatic amines is 1. The highest BCUT2D eigenvalue weighted by atomic mass is 32.1. The van der Waals surface area contributed by atoms with Gasteiger partial charge < -0.3 is 0 Å². The van der Waals surface area contributed by atoms with Crippen molar-refractivity contribution >= 4 is 11.5 Å². The van der Waals surface area contributed by atoms with Crippen LogP contribution in [-0.4, -0.2) is 35.4 Å². The van der Waals surface area contributed by atoms with Crippen LogP contribution < -0.4 is 5.56 Å². The second-order valence-corrected chi connectivity index (χ2v) is 6.41. The number of aromatic nitrogens is 5. The summed E-state index contributed by atoms with van der Waals surface area (Å²) in [6.45, 7) is 2.77. The monoisotopic (exact) mass is 316 g/mol. The smallest absolute Gasteiger partial charge is 0.260 e. The van der Waals surface area contributed by atoms with Gasteiger partial charge in [-0.3, -0.25) is 18.7 Å². The minimum atomic E-state index is -0.0772. The van der Waals surface area contributed by atoms with E-state index in [0.717, 1.165) is 36.8 Å². The predicted octanol–water partition coefficient (Wildman–Crippen LogP) is 0.914. The fourth-order valence-corrected chi connectivity index (χ4v) is 3.44. The number of aryl methyl sites for hydroxylation is 1. The van der Waals surface area contributed by atoms with Gasteiger partial charge in [0.1, 0.15) is 5.00 Å². The van der Waals surface area contributed by atoms with Gasteiger partial charge in [-0.05, 0) is 11.5 Å². The molecule has 0 saturated heterocycles. The van der Waals surface area contributed by atoms with Gasteiger partial charge in [-0.1, -0.05) is 0 Å². The number of fused-ring (bicyclic) bond motifs is 1. The van der Waals surface area contributed by atoms with Gasteiger partial charge >= 0.3 is 0 Å². The van der Waals surface area contributed by atoms with Crippen molar-refractivity contribution in [1.82, 2.24) is 28.8 Å². The predicted molar refractivity (Wildman–Crippen MR) is 83.1 cm³/mol. The van der Waals surface area contributed by atoms with E-state index in [-0.39, 0.29) is 5.56 Å². The molecule has 0 aliphatic carbocycles. The fraction of sp³-hybridized carbons (Fsp3) is 0.357. The van der Waals surface area contributed by atoms with E-state index in [9.17, 15) is 4.79 Å². The fourth-order valence-electron chi connectivity index (χ4n) is 2.82. The molecule has 1 aliphatic heterocycles. The zero-order valence-electron chi connectivity index (χ0n) is 12.2. The van der Waals surface area contributed by atoms with Crippen molar-refractivity contribution < 1.29 is 0 Å². The van der Waals surface area contributed by atoms with E-state index in [2.05, 4.69) is 25.7 Å². The number of H-pyrrole nitrogens is 1. The SMILES string of the molecule is Cn1cc(CN2CCc3nn(-c4cc(=O)[nH]s4)cc3C2)cn1. The van der Waals surface area contributed by atoms with Gasteiger partial charge in [-0.25, -0.2) is 4.68 Å². The molecule has 3 aromatic rings. The van der Waals surface area contributed by atoms with Crippen molar-refractivity contribution in [3.05, 3.63) is 51.8 Å². The summed E-state index contributed by atoms with van der Waals surface area (Å²) in [7, 11) is 1.93. The number of rotatable bonds is 3. The van der Waals surface area contributed by atoms with Crippen LogP contribution in [-0.2, 0) is 26.6 Å². The first-order valence-electron chi connectivity index (χ1n) is 7.13. The second-order valence-electron chi connectivity index (χ2n) is 5.58. The molecule has 0 unspecified atom stereocenters. The molecule has 1 aliphatic rings. The molecule has 0 radical (unpaired) electrons. The summed E-state index contributed by atoms with van der Waals surface area (Å²) in [4.78, 5) is 13.7. The molecule has 8 heteroatoms. The molecule has 0 spiro atoms. The standard InChI is InChI=1S/C14H16N6OS/c1-18-6-10(5-15-18)7-19-3-2-12-11(8-19)9-20(16-12)14-4-13(21)17-22-14/h4-6,9H,2-3,7-8H2,1H3,(H,17,21). The summed E-state index contributed by atoms with van der Waals surface area (Å²) in [6, 6.07) is 1.58. The minimum Gasteiger partial charge on any atom is -0.294 e. The lowest BCUT2D eigenvalue weighted by Crippen LogP contribution is -2.29. The Morgan fingerprint density at radius 1 is 1.41 bits per heavy atom. The van der Waals surface area contributed by atoms with Gasteiger partial charge in [-0.15, -0.1) is 0 Å². The Morgan fingerprint density at radius 3 is 3.05 bits per heavy atom. The lowest BCUT2D eigenvalue weighted by Gasteiger charge is -2.25. The van der Waals surface area contributed by atoms with Crippen molar-refractivity contribution in [2.45, 2.75) is 19.5 Å². The molecule has 0 aromatic carbocycles. The largest absolute Gasteiger partial charge is 0.294 e. The maximum absolute atomic E-state index is 11.3. The Morgan fingerprint density at radius 2 is 2.32 bits per heavy atom. The van der Waals surface area contributed by atoms with E-state index in [1.54, 1.807) is 10.7 Å². The molecular formula is C14H16N6OS. The summed E-state index contributed by atoms with van der Waals surface area (Å²) in [6.07, 6.45) is 6.93. The molecule has 4 heterocycles. The molecule has 0 fully saturated rings. The molecule has 7 nitrogen and oxygen atoms in total. The number of nitrogens with one attached hydrogen (secondary N) is 1. The summed E-state index contributed by atoms with van der Waals surface area (Å²) >= 11 is 1.31. The van der Waals surface area contributed by atoms with E-state index in [1.807, 2.05) is 24.1 Å². The summed E-state index contributed by atoms with van der Waals surface area (Å²) in [5.41, 5.74) is 3.51. The van der Waals surface area contributed by atoms with Crippen molar-refractivity contribution in [3.8, 4) is 5.00 Å². The van der Waals surface area contributed by atoms with Crippen molar-refractivity contribution in [3.63, 3.8) is 0 Å². The van der Waals surface area contributed by atoms with E-state index in [1.165, 1.54) is 22.7 Å². The summed E-state index contributed by atoms with van der Waals surface area (Å²) in [5.74, 6) is 0. The van der Waals surface area contributed by atoms with Crippen LogP contribution in [0, 0.1) is 0 Å². The minimum absolute atomic E-state index is 0.0772. The first-order valence-corrected chi connectivity index (χ1v) is 7.95. The van der Waals surface area contributed by atoms with Crippen LogP contribution >= 0.6 is 11.5 Å². The van der Waals surface area contributed by atoms with Crippen LogP contribution in [0.5, 0.6) is 0 Å². The molecular weight excluding hydrogens is 300 g/mol. The van der Waals surface area contributed by atoms with Gasteiger partial charge in [-0.2, -0.15) is 10.2 Å². The summed E-state index contributed by atoms with van der Waals surface area (Å²) in [5, 5.41) is 9.65. The summed E-state index contributed by atoms with van der Waals surface area (Å²) < 4.78 is 6.33. The molecule has 22 heavy (non-hydrogen) atoms. The number of nitrogens with zero attached hydrogens (tertiary/aromatic N) is 5. The van der Waals surface area contributed by atoms with Crippen molar-refractivity contribution in [2.75, 3.05) is 6.54 Å². The van der Waals surface area contributed by atoms with Crippen molar-refractivity contribution in [1.29, 1.82) is 0 Å². The van der Waals surface area contributed by atoms with Gasteiger partial charge in [0.05, 0.1) is 11.9 Å². The molecule has 3 aromatic heterocycles. The molecule has 1 N–H and O–H groups in total. The molecule has 0 atom stereocenters. The Kier molecular flexibility index (Phi) is 3.20. The topological polar surface area (TPSA) is 71.7 Å². The van der Waals surface area contributed by atoms with E-state index in [4.69, 9.17) is 0 Å². The zero-order chi connectivity index (χ0) is 15.1. The van der Waals surface area contributed by atoms with Crippen LogP contribution in [0.4, 0.5) is 0 Å². The van der Waals surface area contributed by atoms with E-state index in [0.29, 0.717) is 0 Å². The maximum Gasteiger partial charge on any atom is 0.260 e. The third-order valence-electron chi connectivity index (χ3n) is 3.84. The quantitative estimate of drug-likeness (QED) is 0.780. The van der Waals surface area contributed by atoms with Gasteiger partial charge in [0.25, 0.3) is 5.56 Å². The van der Waals surface area contributed by atoms with Crippen LogP contribution in [0.1, 0.15) is 16.8 Å². The first-order chi connectivity index (χ1) is 10.7. The Hall–Kier alpha value is -2.19. The lowest BCUT2D eigenvalue weighted by atomic mass is 10.1. The normalized spacial score (nSPS) is 15.1.